The summed E-state index contributed by atoms with van der Waals surface area (Å²) >= 11 is 0. The molecule has 0 spiro atoms. The van der Waals surface area contributed by atoms with Crippen LogP contribution in [-0.2, 0) is 4.79 Å². The van der Waals surface area contributed by atoms with Gasteiger partial charge < -0.3 is 16.2 Å². The minimum absolute atomic E-state index is 0.144. The van der Waals surface area contributed by atoms with Crippen molar-refractivity contribution in [1.29, 1.82) is 0 Å². The lowest BCUT2D eigenvalue weighted by atomic mass is 10.1. The highest BCUT2D eigenvalue weighted by Crippen LogP contribution is 2.19. The maximum absolute atomic E-state index is 11.9. The first-order chi connectivity index (χ1) is 9.35. The van der Waals surface area contributed by atoms with Gasteiger partial charge in [0.15, 0.2) is 0 Å². The number of carbonyl (C=O) groups is 2. The van der Waals surface area contributed by atoms with Gasteiger partial charge in [0.25, 0.3) is 0 Å². The first-order valence-electron chi connectivity index (χ1n) is 6.50. The Labute approximate surface area is 117 Å². The van der Waals surface area contributed by atoms with Crippen LogP contribution in [0.1, 0.15) is 23.7 Å². The summed E-state index contributed by atoms with van der Waals surface area (Å²) in [4.78, 5) is 24.7. The van der Waals surface area contributed by atoms with Crippen LogP contribution in [0.5, 0.6) is 0 Å². The molecular formula is C14H19N3O3. The van der Waals surface area contributed by atoms with E-state index in [1.807, 2.05) is 4.90 Å². The average molecular weight is 277 g/mol. The molecule has 1 atom stereocenters. The average Bonchev–Trinajstić information content (AvgIpc) is 2.69. The zero-order valence-corrected chi connectivity index (χ0v) is 11.4. The summed E-state index contributed by atoms with van der Waals surface area (Å²) in [6.07, 6.45) is 0.674. The van der Waals surface area contributed by atoms with Gasteiger partial charge in [-0.3, -0.25) is 14.5 Å². The van der Waals surface area contributed by atoms with Crippen molar-refractivity contribution >= 4 is 17.5 Å². The first-order valence-corrected chi connectivity index (χ1v) is 6.50. The van der Waals surface area contributed by atoms with Crippen LogP contribution in [0.25, 0.3) is 0 Å². The second kappa shape index (κ2) is 5.60. The quantitative estimate of drug-likeness (QED) is 0.731. The Bertz CT molecular complexity index is 511. The molecule has 1 aromatic carbocycles. The maximum Gasteiger partial charge on any atom is 0.248 e. The molecular weight excluding hydrogens is 258 g/mol. The third-order valence-electron chi connectivity index (χ3n) is 3.35. The molecule has 108 valence electrons. The number of nitrogens with zero attached hydrogens (tertiary/aromatic N) is 1. The standard InChI is InChI=1S/C14H19N3O3/c1-14(20)6-7-17(9-14)8-12(18)16-11-4-2-10(3-5-11)13(15)19/h2-5,20H,6-9H2,1H3,(H2,15,19)(H,16,18). The molecule has 1 aliphatic heterocycles. The fourth-order valence-electron chi connectivity index (χ4n) is 2.30. The van der Waals surface area contributed by atoms with E-state index in [-0.39, 0.29) is 12.5 Å². The lowest BCUT2D eigenvalue weighted by molar-refractivity contribution is -0.117. The monoisotopic (exact) mass is 277 g/mol. The van der Waals surface area contributed by atoms with Crippen LogP contribution in [0.15, 0.2) is 24.3 Å². The number of hydrogen-bond acceptors (Lipinski definition) is 4. The Balaban J connectivity index is 1.87. The lowest BCUT2D eigenvalue weighted by Gasteiger charge is -2.18. The minimum atomic E-state index is -0.705. The summed E-state index contributed by atoms with van der Waals surface area (Å²) in [6.45, 7) is 3.23. The van der Waals surface area contributed by atoms with Crippen LogP contribution in [0.3, 0.4) is 0 Å². The van der Waals surface area contributed by atoms with Crippen LogP contribution in [-0.4, -0.2) is 47.1 Å². The third kappa shape index (κ3) is 3.79. The van der Waals surface area contributed by atoms with Crippen LogP contribution >= 0.6 is 0 Å². The van der Waals surface area contributed by atoms with Crippen molar-refractivity contribution in [3.05, 3.63) is 29.8 Å². The van der Waals surface area contributed by atoms with Crippen molar-refractivity contribution in [1.82, 2.24) is 4.90 Å². The molecule has 6 heteroatoms. The molecule has 20 heavy (non-hydrogen) atoms. The van der Waals surface area contributed by atoms with Crippen molar-refractivity contribution in [2.24, 2.45) is 5.73 Å². The molecule has 2 rings (SSSR count). The van der Waals surface area contributed by atoms with Crippen molar-refractivity contribution in [3.8, 4) is 0 Å². The number of carbonyl (C=O) groups excluding carboxylic acids is 2. The lowest BCUT2D eigenvalue weighted by Crippen LogP contribution is -2.35. The Morgan fingerprint density at radius 2 is 2.05 bits per heavy atom. The number of primary amides is 1. The van der Waals surface area contributed by atoms with Gasteiger partial charge in [0, 0.05) is 24.3 Å². The second-order valence-corrected chi connectivity index (χ2v) is 5.45. The predicted octanol–water partition coefficient (Wildman–Crippen LogP) is 0.181. The summed E-state index contributed by atoms with van der Waals surface area (Å²) in [6, 6.07) is 6.41. The molecule has 0 saturated carbocycles. The molecule has 1 fully saturated rings. The molecule has 0 bridgehead atoms. The van der Waals surface area contributed by atoms with Gasteiger partial charge in [-0.1, -0.05) is 0 Å². The molecule has 1 aromatic rings. The SMILES string of the molecule is CC1(O)CCN(CC(=O)Nc2ccc(C(N)=O)cc2)C1. The fourth-order valence-corrected chi connectivity index (χ4v) is 2.30. The van der Waals surface area contributed by atoms with E-state index in [9.17, 15) is 14.7 Å². The number of benzene rings is 1. The van der Waals surface area contributed by atoms with Gasteiger partial charge in [0.1, 0.15) is 0 Å². The number of likely N-dealkylation sites (tertiary alicyclic amines) is 1. The summed E-state index contributed by atoms with van der Waals surface area (Å²) in [5, 5.41) is 12.6. The summed E-state index contributed by atoms with van der Waals surface area (Å²) in [7, 11) is 0. The number of nitrogens with two attached hydrogens (primary N) is 1. The minimum Gasteiger partial charge on any atom is -0.389 e. The topological polar surface area (TPSA) is 95.7 Å². The van der Waals surface area contributed by atoms with E-state index in [0.717, 1.165) is 0 Å². The van der Waals surface area contributed by atoms with E-state index in [4.69, 9.17) is 5.73 Å². The summed E-state index contributed by atoms with van der Waals surface area (Å²) < 4.78 is 0. The van der Waals surface area contributed by atoms with Crippen LogP contribution < -0.4 is 11.1 Å². The van der Waals surface area contributed by atoms with Gasteiger partial charge in [-0.15, -0.1) is 0 Å². The molecule has 2 amide bonds. The maximum atomic E-state index is 11.9. The number of aliphatic hydroxyl groups is 1. The Morgan fingerprint density at radius 3 is 2.55 bits per heavy atom. The Kier molecular flexibility index (Phi) is 4.06. The van der Waals surface area contributed by atoms with Crippen molar-refractivity contribution < 1.29 is 14.7 Å². The third-order valence-corrected chi connectivity index (χ3v) is 3.35. The van der Waals surface area contributed by atoms with Crippen LogP contribution in [0.4, 0.5) is 5.69 Å². The van der Waals surface area contributed by atoms with Gasteiger partial charge in [-0.25, -0.2) is 0 Å². The molecule has 1 saturated heterocycles. The van der Waals surface area contributed by atoms with Crippen molar-refractivity contribution in [3.63, 3.8) is 0 Å². The summed E-state index contributed by atoms with van der Waals surface area (Å²) in [5.74, 6) is -0.642. The highest BCUT2D eigenvalue weighted by atomic mass is 16.3. The second-order valence-electron chi connectivity index (χ2n) is 5.45. The van der Waals surface area contributed by atoms with E-state index in [1.165, 1.54) is 0 Å². The van der Waals surface area contributed by atoms with E-state index in [1.54, 1.807) is 31.2 Å². The van der Waals surface area contributed by atoms with E-state index in [2.05, 4.69) is 5.32 Å². The molecule has 0 aliphatic carbocycles. The Morgan fingerprint density at radius 1 is 1.40 bits per heavy atom. The molecule has 6 nitrogen and oxygen atoms in total. The van der Waals surface area contributed by atoms with E-state index >= 15 is 0 Å². The van der Waals surface area contributed by atoms with Gasteiger partial charge in [-0.2, -0.15) is 0 Å². The highest BCUT2D eigenvalue weighted by molar-refractivity contribution is 5.95. The smallest absolute Gasteiger partial charge is 0.248 e. The number of hydrogen-bond donors (Lipinski definition) is 3. The predicted molar refractivity (Wildman–Crippen MR) is 75.3 cm³/mol. The van der Waals surface area contributed by atoms with Gasteiger partial charge in [0.2, 0.25) is 11.8 Å². The van der Waals surface area contributed by atoms with Gasteiger partial charge in [0.05, 0.1) is 12.1 Å². The van der Waals surface area contributed by atoms with Crippen molar-refractivity contribution in [2.75, 3.05) is 25.0 Å². The molecule has 1 heterocycles. The van der Waals surface area contributed by atoms with Crippen LogP contribution in [0, 0.1) is 0 Å². The van der Waals surface area contributed by atoms with Crippen molar-refractivity contribution in [2.45, 2.75) is 18.9 Å². The first kappa shape index (κ1) is 14.5. The number of anilines is 1. The van der Waals surface area contributed by atoms with Crippen LogP contribution in [0.2, 0.25) is 0 Å². The highest BCUT2D eigenvalue weighted by Gasteiger charge is 2.31. The number of nitrogens with one attached hydrogen (secondary N) is 1. The van der Waals surface area contributed by atoms with Gasteiger partial charge >= 0.3 is 0 Å². The van der Waals surface area contributed by atoms with E-state index in [0.29, 0.717) is 30.8 Å². The zero-order chi connectivity index (χ0) is 14.8. The summed E-state index contributed by atoms with van der Waals surface area (Å²) in [5.41, 5.74) is 5.46. The molecule has 0 radical (unpaired) electrons. The Hall–Kier alpha value is -1.92. The molecule has 1 aliphatic rings. The number of rotatable bonds is 4. The van der Waals surface area contributed by atoms with E-state index < -0.39 is 11.5 Å². The number of amides is 2. The molecule has 4 N–H and O–H groups in total. The number of β-amino-alcohol motifs (C(OH)–C–C–N with tert-alkyl or cyclic N) is 1. The largest absolute Gasteiger partial charge is 0.389 e. The molecule has 0 aromatic heterocycles. The normalized spacial score (nSPS) is 22.7. The fraction of sp³-hybridized carbons (Fsp3) is 0.429. The zero-order valence-electron chi connectivity index (χ0n) is 11.4. The molecule has 1 unspecified atom stereocenters. The van der Waals surface area contributed by atoms with Gasteiger partial charge in [-0.05, 0) is 37.6 Å².